The lowest BCUT2D eigenvalue weighted by molar-refractivity contribution is 0.0745. The molecule has 1 aliphatic heterocycles. The van der Waals surface area contributed by atoms with E-state index in [-0.39, 0.29) is 11.7 Å². The van der Waals surface area contributed by atoms with E-state index in [9.17, 15) is 9.59 Å². The highest BCUT2D eigenvalue weighted by molar-refractivity contribution is 7.12. The van der Waals surface area contributed by atoms with Crippen LogP contribution in [0.1, 0.15) is 38.1 Å². The molecule has 1 amide bonds. The lowest BCUT2D eigenvalue weighted by Gasteiger charge is -2.26. The summed E-state index contributed by atoms with van der Waals surface area (Å²) in [7, 11) is 0. The van der Waals surface area contributed by atoms with E-state index < -0.39 is 0 Å². The summed E-state index contributed by atoms with van der Waals surface area (Å²) in [5.41, 5.74) is 1.72. The van der Waals surface area contributed by atoms with Gasteiger partial charge in [-0.1, -0.05) is 36.4 Å². The molecule has 1 aliphatic rings. The molecule has 0 aliphatic carbocycles. The van der Waals surface area contributed by atoms with Gasteiger partial charge in [0.05, 0.1) is 10.4 Å². The van der Waals surface area contributed by atoms with Gasteiger partial charge in [0.25, 0.3) is 5.91 Å². The predicted octanol–water partition coefficient (Wildman–Crippen LogP) is 4.41. The molecule has 4 rings (SSSR count). The molecule has 2 heterocycles. The van der Waals surface area contributed by atoms with Crippen molar-refractivity contribution in [2.24, 2.45) is 0 Å². The Morgan fingerprint density at radius 2 is 1.76 bits per heavy atom. The third-order valence-corrected chi connectivity index (χ3v) is 5.69. The summed E-state index contributed by atoms with van der Waals surface area (Å²) in [4.78, 5) is 28.6. The van der Waals surface area contributed by atoms with Crippen molar-refractivity contribution < 1.29 is 19.1 Å². The summed E-state index contributed by atoms with van der Waals surface area (Å²) >= 11 is 1.37. The van der Waals surface area contributed by atoms with Crippen molar-refractivity contribution in [2.75, 3.05) is 19.8 Å². The second-order valence-corrected chi connectivity index (χ2v) is 7.56. The van der Waals surface area contributed by atoms with Gasteiger partial charge in [0.1, 0.15) is 13.2 Å². The fraction of sp³-hybridized carbons (Fsp3) is 0.217. The number of ketones is 1. The predicted molar refractivity (Wildman–Crippen MR) is 112 cm³/mol. The summed E-state index contributed by atoms with van der Waals surface area (Å²) in [6.07, 6.45) is 0. The Balaban J connectivity index is 1.63. The molecule has 0 spiro atoms. The highest BCUT2D eigenvalue weighted by Gasteiger charge is 2.24. The van der Waals surface area contributed by atoms with Crippen LogP contribution in [0, 0.1) is 0 Å². The zero-order chi connectivity index (χ0) is 20.2. The summed E-state index contributed by atoms with van der Waals surface area (Å²) in [5, 5.41) is 1.86. The molecule has 3 aromatic rings. The van der Waals surface area contributed by atoms with Crippen LogP contribution in [0.25, 0.3) is 0 Å². The van der Waals surface area contributed by atoms with Crippen LogP contribution in [0.4, 0.5) is 0 Å². The fourth-order valence-corrected chi connectivity index (χ4v) is 4.05. The van der Waals surface area contributed by atoms with E-state index in [1.54, 1.807) is 35.2 Å². The summed E-state index contributed by atoms with van der Waals surface area (Å²) in [6, 6.07) is 16.3. The highest BCUT2D eigenvalue weighted by Crippen LogP contribution is 2.34. The van der Waals surface area contributed by atoms with E-state index in [4.69, 9.17) is 9.47 Å². The number of rotatable bonds is 6. The second kappa shape index (κ2) is 8.49. The van der Waals surface area contributed by atoms with Crippen LogP contribution in [-0.4, -0.2) is 36.3 Å². The monoisotopic (exact) mass is 407 g/mol. The Labute approximate surface area is 173 Å². The zero-order valence-corrected chi connectivity index (χ0v) is 16.9. The summed E-state index contributed by atoms with van der Waals surface area (Å²) in [5.74, 6) is 1.08. The van der Waals surface area contributed by atoms with Crippen molar-refractivity contribution in [3.63, 3.8) is 0 Å². The Hall–Kier alpha value is -3.12. The summed E-state index contributed by atoms with van der Waals surface area (Å²) < 4.78 is 11.4. The van der Waals surface area contributed by atoms with Crippen molar-refractivity contribution in [2.45, 2.75) is 13.5 Å². The minimum Gasteiger partial charge on any atom is -0.486 e. The molecule has 0 fully saturated rings. The van der Waals surface area contributed by atoms with E-state index in [2.05, 4.69) is 0 Å². The van der Waals surface area contributed by atoms with Gasteiger partial charge in [-0.2, -0.15) is 0 Å². The number of amides is 1. The fourth-order valence-electron chi connectivity index (χ4n) is 3.37. The molecule has 1 aromatic heterocycles. The maximum atomic E-state index is 13.3. The highest BCUT2D eigenvalue weighted by atomic mass is 32.1. The van der Waals surface area contributed by atoms with Crippen molar-refractivity contribution in [1.82, 2.24) is 4.90 Å². The van der Waals surface area contributed by atoms with E-state index in [1.165, 1.54) is 11.3 Å². The lowest BCUT2D eigenvalue weighted by Crippen LogP contribution is -2.32. The SMILES string of the molecule is CCN(Cc1cccc2c1OCCO2)C(=O)c1ccccc1C(=O)c1cccs1. The van der Waals surface area contributed by atoms with E-state index in [0.717, 1.165) is 5.56 Å². The Morgan fingerprint density at radius 3 is 2.52 bits per heavy atom. The molecule has 0 radical (unpaired) electrons. The maximum absolute atomic E-state index is 13.3. The quantitative estimate of drug-likeness (QED) is 0.568. The van der Waals surface area contributed by atoms with Gasteiger partial charge in [0.15, 0.2) is 11.5 Å². The van der Waals surface area contributed by atoms with Crippen LogP contribution >= 0.6 is 11.3 Å². The summed E-state index contributed by atoms with van der Waals surface area (Å²) in [6.45, 7) is 3.82. The Bertz CT molecular complexity index is 1030. The van der Waals surface area contributed by atoms with Gasteiger partial charge in [0, 0.05) is 24.2 Å². The van der Waals surface area contributed by atoms with Gasteiger partial charge in [-0.25, -0.2) is 0 Å². The number of carbonyl (C=O) groups is 2. The van der Waals surface area contributed by atoms with Crippen molar-refractivity contribution in [1.29, 1.82) is 0 Å². The molecule has 2 aromatic carbocycles. The standard InChI is InChI=1S/C23H21NO4S/c1-2-24(15-16-7-5-10-19-22(16)28-13-12-27-19)23(26)18-9-4-3-8-17(18)21(25)20-11-6-14-29-20/h3-11,14H,2,12-13,15H2,1H3. The molecule has 0 unspecified atom stereocenters. The number of hydrogen-bond acceptors (Lipinski definition) is 5. The molecular weight excluding hydrogens is 386 g/mol. The number of thiophene rings is 1. The molecule has 0 N–H and O–H groups in total. The maximum Gasteiger partial charge on any atom is 0.254 e. The molecular formula is C23H21NO4S. The smallest absolute Gasteiger partial charge is 0.254 e. The van der Waals surface area contributed by atoms with Gasteiger partial charge < -0.3 is 14.4 Å². The second-order valence-electron chi connectivity index (χ2n) is 6.61. The van der Waals surface area contributed by atoms with Crippen molar-refractivity contribution in [3.05, 3.63) is 81.5 Å². The molecule has 0 atom stereocenters. The molecule has 6 heteroatoms. The molecule has 5 nitrogen and oxygen atoms in total. The average Bonchev–Trinajstić information content (AvgIpc) is 3.31. The number of ether oxygens (including phenoxy) is 2. The average molecular weight is 407 g/mol. The minimum absolute atomic E-state index is 0.131. The molecule has 0 saturated carbocycles. The molecule has 148 valence electrons. The topological polar surface area (TPSA) is 55.8 Å². The molecule has 29 heavy (non-hydrogen) atoms. The van der Waals surface area contributed by atoms with Gasteiger partial charge in [-0.05, 0) is 30.5 Å². The van der Waals surface area contributed by atoms with Crippen LogP contribution in [0.2, 0.25) is 0 Å². The first-order chi connectivity index (χ1) is 14.2. The number of carbonyl (C=O) groups excluding carboxylic acids is 2. The van der Waals surface area contributed by atoms with E-state index in [1.807, 2.05) is 36.6 Å². The molecule has 0 saturated heterocycles. The van der Waals surface area contributed by atoms with Crippen LogP contribution < -0.4 is 9.47 Å². The number of hydrogen-bond donors (Lipinski definition) is 0. The van der Waals surface area contributed by atoms with Crippen LogP contribution in [0.15, 0.2) is 60.0 Å². The lowest BCUT2D eigenvalue weighted by atomic mass is 10.0. The van der Waals surface area contributed by atoms with Crippen LogP contribution in [-0.2, 0) is 6.54 Å². The normalized spacial score (nSPS) is 12.4. The molecule has 0 bridgehead atoms. The van der Waals surface area contributed by atoms with Crippen molar-refractivity contribution in [3.8, 4) is 11.5 Å². The number of nitrogens with zero attached hydrogens (tertiary/aromatic N) is 1. The van der Waals surface area contributed by atoms with Gasteiger partial charge in [0.2, 0.25) is 5.78 Å². The number of fused-ring (bicyclic) bond motifs is 1. The number of para-hydroxylation sites is 1. The number of benzene rings is 2. The van der Waals surface area contributed by atoms with Crippen LogP contribution in [0.5, 0.6) is 11.5 Å². The minimum atomic E-state index is -0.178. The first kappa shape index (κ1) is 19.2. The van der Waals surface area contributed by atoms with Gasteiger partial charge in [-0.3, -0.25) is 9.59 Å². The third kappa shape index (κ3) is 3.89. The third-order valence-electron chi connectivity index (χ3n) is 4.82. The van der Waals surface area contributed by atoms with Gasteiger partial charge >= 0.3 is 0 Å². The first-order valence-electron chi connectivity index (χ1n) is 9.53. The van der Waals surface area contributed by atoms with E-state index >= 15 is 0 Å². The Kier molecular flexibility index (Phi) is 5.62. The van der Waals surface area contributed by atoms with Crippen molar-refractivity contribution >= 4 is 23.0 Å². The zero-order valence-electron chi connectivity index (χ0n) is 16.1. The largest absolute Gasteiger partial charge is 0.486 e. The van der Waals surface area contributed by atoms with Gasteiger partial charge in [-0.15, -0.1) is 11.3 Å². The first-order valence-corrected chi connectivity index (χ1v) is 10.4. The van der Waals surface area contributed by atoms with E-state index in [0.29, 0.717) is 53.8 Å². The Morgan fingerprint density at radius 1 is 0.966 bits per heavy atom. The van der Waals surface area contributed by atoms with Crippen LogP contribution in [0.3, 0.4) is 0 Å².